The second-order valence-corrected chi connectivity index (χ2v) is 6.12. The van der Waals surface area contributed by atoms with Crippen molar-refractivity contribution in [2.24, 2.45) is 0 Å². The van der Waals surface area contributed by atoms with E-state index < -0.39 is 44.8 Å². The summed E-state index contributed by atoms with van der Waals surface area (Å²) >= 11 is 0. The average Bonchev–Trinajstić information content (AvgIpc) is 2.52. The van der Waals surface area contributed by atoms with E-state index in [0.717, 1.165) is 0 Å². The Hall–Kier alpha value is -1.61. The molecule has 1 aliphatic rings. The van der Waals surface area contributed by atoms with Gasteiger partial charge in [-0.15, -0.1) is 0 Å². The number of nitrogens with one attached hydrogen (secondary N) is 1. The highest BCUT2D eigenvalue weighted by atomic mass is 32.2. The van der Waals surface area contributed by atoms with Gasteiger partial charge in [-0.2, -0.15) is 4.31 Å². The molecule has 2 rings (SSSR count). The first-order valence-electron chi connectivity index (χ1n) is 5.74. The number of nitrogens with zero attached hydrogens (tertiary/aromatic N) is 1. The van der Waals surface area contributed by atoms with E-state index in [4.69, 9.17) is 0 Å². The highest BCUT2D eigenvalue weighted by Gasteiger charge is 2.33. The number of sulfonamides is 1. The summed E-state index contributed by atoms with van der Waals surface area (Å²) in [5.74, 6) is -4.82. The Balaban J connectivity index is 2.47. The molecule has 0 bridgehead atoms. The number of carbonyl (C=O) groups excluding carboxylic acids is 1. The molecule has 1 saturated heterocycles. The normalized spacial score (nSPS) is 17.6. The molecule has 0 spiro atoms. The molecule has 20 heavy (non-hydrogen) atoms. The Morgan fingerprint density at radius 2 is 1.75 bits per heavy atom. The molecule has 1 heterocycles. The minimum Gasteiger partial charge on any atom is -0.355 e. The maximum absolute atomic E-state index is 13.6. The van der Waals surface area contributed by atoms with Crippen LogP contribution in [0.2, 0.25) is 0 Å². The molecule has 0 radical (unpaired) electrons. The highest BCUT2D eigenvalue weighted by molar-refractivity contribution is 7.89. The van der Waals surface area contributed by atoms with E-state index in [1.54, 1.807) is 0 Å². The number of amides is 1. The lowest BCUT2D eigenvalue weighted by Crippen LogP contribution is -2.38. The van der Waals surface area contributed by atoms with Crippen LogP contribution < -0.4 is 5.32 Å². The molecule has 1 fully saturated rings. The second-order valence-electron chi connectivity index (χ2n) is 4.24. The minimum atomic E-state index is -4.54. The molecule has 1 aliphatic heterocycles. The summed E-state index contributed by atoms with van der Waals surface area (Å²) in [6.07, 6.45) is 0.315. The Kier molecular flexibility index (Phi) is 4.00. The van der Waals surface area contributed by atoms with Gasteiger partial charge in [-0.1, -0.05) is 0 Å². The van der Waals surface area contributed by atoms with Gasteiger partial charge in [-0.25, -0.2) is 21.6 Å². The van der Waals surface area contributed by atoms with Crippen molar-refractivity contribution < 1.29 is 26.4 Å². The van der Waals surface area contributed by atoms with Crippen LogP contribution in [0.3, 0.4) is 0 Å². The Labute approximate surface area is 113 Å². The first-order valence-corrected chi connectivity index (χ1v) is 7.18. The lowest BCUT2D eigenvalue weighted by atomic mass is 10.3. The summed E-state index contributed by atoms with van der Waals surface area (Å²) in [6, 6.07) is 0.571. The molecule has 5 nitrogen and oxygen atoms in total. The standard InChI is InChI=1S/C11H11F3N2O3S/c12-7-4-8(13)11(9(14)5-7)20(18,19)16-3-1-2-15-10(17)6-16/h4-5H,1-3,6H2,(H,15,17). The van der Waals surface area contributed by atoms with Gasteiger partial charge in [0.05, 0.1) is 6.54 Å². The van der Waals surface area contributed by atoms with E-state index in [0.29, 0.717) is 10.7 Å². The number of benzene rings is 1. The zero-order chi connectivity index (χ0) is 14.9. The van der Waals surface area contributed by atoms with Crippen LogP contribution in [0.25, 0.3) is 0 Å². The topological polar surface area (TPSA) is 66.5 Å². The number of hydrogen-bond acceptors (Lipinski definition) is 3. The van der Waals surface area contributed by atoms with Crippen LogP contribution >= 0.6 is 0 Å². The molecule has 1 N–H and O–H groups in total. The summed E-state index contributed by atoms with van der Waals surface area (Å²) in [6.45, 7) is -0.310. The van der Waals surface area contributed by atoms with Crippen LogP contribution in [0.5, 0.6) is 0 Å². The maximum Gasteiger partial charge on any atom is 0.249 e. The summed E-state index contributed by atoms with van der Waals surface area (Å²) in [5, 5.41) is 2.44. The van der Waals surface area contributed by atoms with Crippen molar-refractivity contribution in [1.29, 1.82) is 0 Å². The van der Waals surface area contributed by atoms with Crippen molar-refractivity contribution in [3.05, 3.63) is 29.6 Å². The monoisotopic (exact) mass is 308 g/mol. The van der Waals surface area contributed by atoms with Gasteiger partial charge >= 0.3 is 0 Å². The van der Waals surface area contributed by atoms with Crippen molar-refractivity contribution in [1.82, 2.24) is 9.62 Å². The summed E-state index contributed by atoms with van der Waals surface area (Å²) in [5.41, 5.74) is 0. The molecule has 1 amide bonds. The number of halogens is 3. The van der Waals surface area contributed by atoms with Gasteiger partial charge in [0, 0.05) is 25.2 Å². The van der Waals surface area contributed by atoms with Crippen molar-refractivity contribution >= 4 is 15.9 Å². The summed E-state index contributed by atoms with van der Waals surface area (Å²) < 4.78 is 65.0. The van der Waals surface area contributed by atoms with Crippen molar-refractivity contribution in [2.45, 2.75) is 11.3 Å². The van der Waals surface area contributed by atoms with Crippen LogP contribution in [0.15, 0.2) is 17.0 Å². The van der Waals surface area contributed by atoms with Crippen molar-refractivity contribution in [3.63, 3.8) is 0 Å². The fraction of sp³-hybridized carbons (Fsp3) is 0.364. The zero-order valence-electron chi connectivity index (χ0n) is 10.2. The first-order chi connectivity index (χ1) is 9.32. The predicted molar refractivity (Wildman–Crippen MR) is 62.7 cm³/mol. The SMILES string of the molecule is O=C1CN(S(=O)(=O)c2c(F)cc(F)cc2F)CCCN1. The van der Waals surface area contributed by atoms with Gasteiger partial charge in [0.1, 0.15) is 17.5 Å². The largest absolute Gasteiger partial charge is 0.355 e. The van der Waals surface area contributed by atoms with E-state index in [1.165, 1.54) is 0 Å². The van der Waals surface area contributed by atoms with Crippen LogP contribution in [0, 0.1) is 17.5 Å². The second kappa shape index (κ2) is 5.41. The first kappa shape index (κ1) is 14.8. The van der Waals surface area contributed by atoms with E-state index in [-0.39, 0.29) is 25.2 Å². The zero-order valence-corrected chi connectivity index (χ0v) is 11.0. The van der Waals surface area contributed by atoms with Crippen molar-refractivity contribution in [2.75, 3.05) is 19.6 Å². The van der Waals surface area contributed by atoms with Gasteiger partial charge in [0.25, 0.3) is 0 Å². The Morgan fingerprint density at radius 1 is 1.15 bits per heavy atom. The van der Waals surface area contributed by atoms with Crippen LogP contribution in [-0.2, 0) is 14.8 Å². The molecule has 0 aromatic heterocycles. The highest BCUT2D eigenvalue weighted by Crippen LogP contribution is 2.24. The minimum absolute atomic E-state index is 0.0582. The molecule has 0 saturated carbocycles. The lowest BCUT2D eigenvalue weighted by molar-refractivity contribution is -0.120. The lowest BCUT2D eigenvalue weighted by Gasteiger charge is -2.19. The predicted octanol–water partition coefficient (Wildman–Crippen LogP) is 0.615. The van der Waals surface area contributed by atoms with Gasteiger partial charge in [0.2, 0.25) is 15.9 Å². The number of carbonyl (C=O) groups is 1. The molecule has 0 aliphatic carbocycles. The summed E-state index contributed by atoms with van der Waals surface area (Å²) in [4.78, 5) is 10.1. The molecular formula is C11H11F3N2O3S. The third kappa shape index (κ3) is 2.78. The summed E-state index contributed by atoms with van der Waals surface area (Å²) in [7, 11) is -4.54. The van der Waals surface area contributed by atoms with E-state index in [9.17, 15) is 26.4 Å². The van der Waals surface area contributed by atoms with E-state index in [1.807, 2.05) is 0 Å². The van der Waals surface area contributed by atoms with E-state index >= 15 is 0 Å². The molecule has 0 unspecified atom stereocenters. The number of hydrogen-bond donors (Lipinski definition) is 1. The third-order valence-electron chi connectivity index (χ3n) is 2.79. The van der Waals surface area contributed by atoms with Crippen LogP contribution in [0.4, 0.5) is 13.2 Å². The fourth-order valence-electron chi connectivity index (χ4n) is 1.89. The maximum atomic E-state index is 13.6. The fourth-order valence-corrected chi connectivity index (χ4v) is 3.41. The van der Waals surface area contributed by atoms with Crippen LogP contribution in [0.1, 0.15) is 6.42 Å². The molecule has 110 valence electrons. The molecular weight excluding hydrogens is 297 g/mol. The smallest absolute Gasteiger partial charge is 0.249 e. The Morgan fingerprint density at radius 3 is 2.35 bits per heavy atom. The van der Waals surface area contributed by atoms with Crippen LogP contribution in [-0.4, -0.2) is 38.3 Å². The molecule has 1 aromatic carbocycles. The molecule has 9 heteroatoms. The van der Waals surface area contributed by atoms with Gasteiger partial charge < -0.3 is 5.32 Å². The van der Waals surface area contributed by atoms with Gasteiger partial charge in [-0.3, -0.25) is 4.79 Å². The third-order valence-corrected chi connectivity index (χ3v) is 4.68. The molecule has 1 aromatic rings. The van der Waals surface area contributed by atoms with E-state index in [2.05, 4.69) is 5.32 Å². The van der Waals surface area contributed by atoms with Gasteiger partial charge in [0.15, 0.2) is 4.90 Å². The quantitative estimate of drug-likeness (QED) is 0.871. The average molecular weight is 308 g/mol. The molecule has 0 atom stereocenters. The van der Waals surface area contributed by atoms with Gasteiger partial charge in [-0.05, 0) is 6.42 Å². The number of rotatable bonds is 2. The Bertz CT molecular complexity index is 625. The van der Waals surface area contributed by atoms with Crippen molar-refractivity contribution in [3.8, 4) is 0 Å².